The van der Waals surface area contributed by atoms with Gasteiger partial charge in [-0.1, -0.05) is 30.3 Å². The van der Waals surface area contributed by atoms with Gasteiger partial charge in [-0.25, -0.2) is 17.8 Å². The molecule has 0 unspecified atom stereocenters. The third-order valence-electron chi connectivity index (χ3n) is 3.86. The van der Waals surface area contributed by atoms with Crippen LogP contribution in [0.2, 0.25) is 0 Å². The summed E-state index contributed by atoms with van der Waals surface area (Å²) in [5.41, 5.74) is 0.931. The number of sulfone groups is 1. The van der Waals surface area contributed by atoms with E-state index in [1.807, 2.05) is 38.1 Å². The summed E-state index contributed by atoms with van der Waals surface area (Å²) in [6, 6.07) is 13.0. The minimum atomic E-state index is -3.72. The van der Waals surface area contributed by atoms with E-state index in [-0.39, 0.29) is 17.2 Å². The first kappa shape index (κ1) is 21.7. The number of nitrogens with one attached hydrogen (secondary N) is 2. The number of ether oxygens (including phenoxy) is 1. The maximum atomic E-state index is 13.8. The van der Waals surface area contributed by atoms with Gasteiger partial charge in [-0.2, -0.15) is 0 Å². The molecule has 0 aliphatic carbocycles. The monoisotopic (exact) mass is 407 g/mol. The largest absolute Gasteiger partial charge is 0.494 e. The Morgan fingerprint density at radius 3 is 2.50 bits per heavy atom. The van der Waals surface area contributed by atoms with E-state index in [2.05, 4.69) is 15.6 Å². The van der Waals surface area contributed by atoms with Crippen LogP contribution in [0.4, 0.5) is 4.39 Å². The van der Waals surface area contributed by atoms with Gasteiger partial charge in [0, 0.05) is 18.7 Å². The van der Waals surface area contributed by atoms with E-state index in [4.69, 9.17) is 4.74 Å². The standard InChI is InChI=1S/C20H26FN3O3S/c1-3-22-20(24-15-16-9-5-7-11-18(16)27-4-2)23-13-14-28(25,26)19-12-8-6-10-17(19)21/h5-12H,3-4,13-15H2,1-2H3,(H2,22,23,24). The number of hydrogen-bond donors (Lipinski definition) is 2. The van der Waals surface area contributed by atoms with Crippen LogP contribution in [-0.4, -0.2) is 39.8 Å². The predicted octanol–water partition coefficient (Wildman–Crippen LogP) is 2.75. The lowest BCUT2D eigenvalue weighted by Gasteiger charge is -2.13. The highest BCUT2D eigenvalue weighted by Gasteiger charge is 2.18. The molecule has 2 aromatic carbocycles. The van der Waals surface area contributed by atoms with E-state index in [9.17, 15) is 12.8 Å². The van der Waals surface area contributed by atoms with Crippen LogP contribution >= 0.6 is 0 Å². The van der Waals surface area contributed by atoms with Crippen LogP contribution < -0.4 is 15.4 Å². The lowest BCUT2D eigenvalue weighted by atomic mass is 10.2. The van der Waals surface area contributed by atoms with Crippen molar-refractivity contribution in [2.75, 3.05) is 25.4 Å². The second kappa shape index (κ2) is 10.7. The molecule has 8 heteroatoms. The number of halogens is 1. The molecule has 2 aromatic rings. The van der Waals surface area contributed by atoms with Crippen molar-refractivity contribution in [1.29, 1.82) is 0 Å². The molecule has 0 amide bonds. The number of aliphatic imine (C=N–C) groups is 1. The van der Waals surface area contributed by atoms with Crippen molar-refractivity contribution in [3.63, 3.8) is 0 Å². The van der Waals surface area contributed by atoms with Gasteiger partial charge in [0.1, 0.15) is 16.5 Å². The van der Waals surface area contributed by atoms with Gasteiger partial charge in [0.15, 0.2) is 15.8 Å². The fourth-order valence-electron chi connectivity index (χ4n) is 2.55. The molecule has 0 spiro atoms. The Balaban J connectivity index is 2.01. The number of guanidine groups is 1. The van der Waals surface area contributed by atoms with E-state index in [0.29, 0.717) is 25.7 Å². The van der Waals surface area contributed by atoms with Crippen LogP contribution in [0.15, 0.2) is 58.4 Å². The fraction of sp³-hybridized carbons (Fsp3) is 0.350. The second-order valence-corrected chi connectivity index (χ2v) is 7.99. The molecule has 2 rings (SSSR count). The Morgan fingerprint density at radius 1 is 1.07 bits per heavy atom. The van der Waals surface area contributed by atoms with Crippen molar-refractivity contribution in [3.05, 3.63) is 59.9 Å². The zero-order chi connectivity index (χ0) is 20.4. The molecule has 0 saturated heterocycles. The van der Waals surface area contributed by atoms with Crippen LogP contribution in [0, 0.1) is 5.82 Å². The SMILES string of the molecule is CCNC(=NCc1ccccc1OCC)NCCS(=O)(=O)c1ccccc1F. The molecule has 6 nitrogen and oxygen atoms in total. The first-order valence-corrected chi connectivity index (χ1v) is 10.8. The van der Waals surface area contributed by atoms with Crippen molar-refractivity contribution >= 4 is 15.8 Å². The minimum Gasteiger partial charge on any atom is -0.494 e. The minimum absolute atomic E-state index is 0.107. The van der Waals surface area contributed by atoms with Gasteiger partial charge in [0.25, 0.3) is 0 Å². The van der Waals surface area contributed by atoms with E-state index in [1.54, 1.807) is 0 Å². The summed E-state index contributed by atoms with van der Waals surface area (Å²) in [6.07, 6.45) is 0. The van der Waals surface area contributed by atoms with Gasteiger partial charge in [-0.3, -0.25) is 0 Å². The average Bonchev–Trinajstić information content (AvgIpc) is 2.67. The molecule has 0 aliphatic heterocycles. The van der Waals surface area contributed by atoms with E-state index >= 15 is 0 Å². The van der Waals surface area contributed by atoms with Gasteiger partial charge < -0.3 is 15.4 Å². The summed E-state index contributed by atoms with van der Waals surface area (Å²) in [5, 5.41) is 6.06. The third-order valence-corrected chi connectivity index (χ3v) is 5.60. The molecule has 0 radical (unpaired) electrons. The summed E-state index contributed by atoms with van der Waals surface area (Å²) >= 11 is 0. The lowest BCUT2D eigenvalue weighted by Crippen LogP contribution is -2.39. The summed E-state index contributed by atoms with van der Waals surface area (Å²) < 4.78 is 44.0. The zero-order valence-corrected chi connectivity index (χ0v) is 16.9. The second-order valence-electron chi connectivity index (χ2n) is 5.91. The Hall–Kier alpha value is -2.61. The van der Waals surface area contributed by atoms with E-state index in [0.717, 1.165) is 17.4 Å². The highest BCUT2D eigenvalue weighted by Crippen LogP contribution is 2.18. The summed E-state index contributed by atoms with van der Waals surface area (Å²) in [6.45, 7) is 5.51. The van der Waals surface area contributed by atoms with Gasteiger partial charge in [-0.15, -0.1) is 0 Å². The summed E-state index contributed by atoms with van der Waals surface area (Å²) in [5.74, 6) is 0.272. The van der Waals surface area contributed by atoms with Crippen molar-refractivity contribution in [1.82, 2.24) is 10.6 Å². The molecule has 0 atom stereocenters. The quantitative estimate of drug-likeness (QED) is 0.494. The molecular weight excluding hydrogens is 381 g/mol. The van der Waals surface area contributed by atoms with Crippen molar-refractivity contribution in [3.8, 4) is 5.75 Å². The number of nitrogens with zero attached hydrogens (tertiary/aromatic N) is 1. The Bertz CT molecular complexity index is 901. The molecule has 0 aliphatic rings. The van der Waals surface area contributed by atoms with E-state index < -0.39 is 15.7 Å². The van der Waals surface area contributed by atoms with Gasteiger partial charge in [0.05, 0.1) is 18.9 Å². The number of benzene rings is 2. The normalized spacial score (nSPS) is 11.9. The molecule has 0 bridgehead atoms. The maximum Gasteiger partial charge on any atom is 0.191 e. The van der Waals surface area contributed by atoms with Crippen LogP contribution in [0.3, 0.4) is 0 Å². The Labute approximate surface area is 165 Å². The molecule has 0 aromatic heterocycles. The lowest BCUT2D eigenvalue weighted by molar-refractivity contribution is 0.336. The Kier molecular flexibility index (Phi) is 8.25. The topological polar surface area (TPSA) is 79.8 Å². The van der Waals surface area contributed by atoms with Crippen molar-refractivity contribution < 1.29 is 17.5 Å². The summed E-state index contributed by atoms with van der Waals surface area (Å²) in [7, 11) is -3.72. The maximum absolute atomic E-state index is 13.8. The molecule has 2 N–H and O–H groups in total. The first-order chi connectivity index (χ1) is 13.5. The molecule has 152 valence electrons. The van der Waals surface area contributed by atoms with Crippen LogP contribution in [0.1, 0.15) is 19.4 Å². The van der Waals surface area contributed by atoms with Crippen molar-refractivity contribution in [2.45, 2.75) is 25.3 Å². The molecular formula is C20H26FN3O3S. The number of para-hydroxylation sites is 1. The molecule has 0 heterocycles. The van der Waals surface area contributed by atoms with Gasteiger partial charge in [-0.05, 0) is 32.0 Å². The van der Waals surface area contributed by atoms with Crippen LogP contribution in [0.5, 0.6) is 5.75 Å². The Morgan fingerprint density at radius 2 is 1.79 bits per heavy atom. The third kappa shape index (κ3) is 6.23. The summed E-state index contributed by atoms with van der Waals surface area (Å²) in [4.78, 5) is 4.19. The van der Waals surface area contributed by atoms with Gasteiger partial charge in [0.2, 0.25) is 0 Å². The van der Waals surface area contributed by atoms with Crippen LogP contribution in [0.25, 0.3) is 0 Å². The highest BCUT2D eigenvalue weighted by atomic mass is 32.2. The number of hydrogen-bond acceptors (Lipinski definition) is 4. The smallest absolute Gasteiger partial charge is 0.191 e. The molecule has 28 heavy (non-hydrogen) atoms. The van der Waals surface area contributed by atoms with Crippen molar-refractivity contribution in [2.24, 2.45) is 4.99 Å². The predicted molar refractivity (Wildman–Crippen MR) is 109 cm³/mol. The first-order valence-electron chi connectivity index (χ1n) is 9.18. The molecule has 0 fully saturated rings. The average molecular weight is 408 g/mol. The van der Waals surface area contributed by atoms with Gasteiger partial charge >= 0.3 is 0 Å². The molecule has 0 saturated carbocycles. The fourth-order valence-corrected chi connectivity index (χ4v) is 3.79. The van der Waals surface area contributed by atoms with E-state index in [1.165, 1.54) is 18.2 Å². The number of rotatable bonds is 9. The zero-order valence-electron chi connectivity index (χ0n) is 16.1. The van der Waals surface area contributed by atoms with Crippen LogP contribution in [-0.2, 0) is 16.4 Å². The highest BCUT2D eigenvalue weighted by molar-refractivity contribution is 7.91.